The molecule has 0 radical (unpaired) electrons. The molecule has 3 rings (SSSR count). The third-order valence-electron chi connectivity index (χ3n) is 4.09. The molecule has 1 heterocycles. The van der Waals surface area contributed by atoms with E-state index in [0.29, 0.717) is 5.75 Å². The molecule has 2 N–H and O–H groups in total. The zero-order valence-electron chi connectivity index (χ0n) is 14.0. The predicted molar refractivity (Wildman–Crippen MR) is 101 cm³/mol. The van der Waals surface area contributed by atoms with Crippen molar-refractivity contribution < 1.29 is 14.6 Å². The molecule has 7 heteroatoms. The van der Waals surface area contributed by atoms with E-state index in [2.05, 4.69) is 38.2 Å². The van der Waals surface area contributed by atoms with Crippen LogP contribution in [0.3, 0.4) is 0 Å². The summed E-state index contributed by atoms with van der Waals surface area (Å²) in [7, 11) is 1.54. The van der Waals surface area contributed by atoms with E-state index in [-0.39, 0.29) is 5.56 Å². The first-order valence-electron chi connectivity index (χ1n) is 8.06. The number of anilines is 2. The molecule has 0 saturated carbocycles. The van der Waals surface area contributed by atoms with Crippen LogP contribution in [0.4, 0.5) is 11.4 Å². The second kappa shape index (κ2) is 8.13. The molecule has 2 aromatic rings. The molecule has 0 atom stereocenters. The largest absolute Gasteiger partial charge is 0.495 e. The summed E-state index contributed by atoms with van der Waals surface area (Å²) >= 11 is 1.52. The summed E-state index contributed by atoms with van der Waals surface area (Å²) in [6.07, 6.45) is 0. The van der Waals surface area contributed by atoms with Gasteiger partial charge in [0.25, 0.3) is 0 Å². The van der Waals surface area contributed by atoms with Crippen LogP contribution in [0.2, 0.25) is 0 Å². The molecule has 0 amide bonds. The number of carboxylic acids is 1. The van der Waals surface area contributed by atoms with Crippen molar-refractivity contribution in [1.29, 1.82) is 0 Å². The fourth-order valence-corrected chi connectivity index (χ4v) is 3.44. The number of ether oxygens (including phenoxy) is 1. The maximum absolute atomic E-state index is 11.0. The smallest absolute Gasteiger partial charge is 0.335 e. The van der Waals surface area contributed by atoms with Crippen LogP contribution in [0.25, 0.3) is 0 Å². The van der Waals surface area contributed by atoms with Gasteiger partial charge in [0.1, 0.15) is 5.75 Å². The number of benzene rings is 2. The van der Waals surface area contributed by atoms with E-state index < -0.39 is 5.97 Å². The van der Waals surface area contributed by atoms with Crippen molar-refractivity contribution in [1.82, 2.24) is 4.31 Å². The quantitative estimate of drug-likeness (QED) is 0.768. The van der Waals surface area contributed by atoms with Crippen LogP contribution in [0.1, 0.15) is 10.4 Å². The number of carbonyl (C=O) groups is 1. The van der Waals surface area contributed by atoms with Gasteiger partial charge in [0, 0.05) is 44.0 Å². The van der Waals surface area contributed by atoms with Gasteiger partial charge in [0.2, 0.25) is 0 Å². The topological polar surface area (TPSA) is 65.0 Å². The lowest BCUT2D eigenvalue weighted by Crippen LogP contribution is -2.43. The first kappa shape index (κ1) is 17.4. The highest BCUT2D eigenvalue weighted by molar-refractivity contribution is 7.98. The van der Waals surface area contributed by atoms with E-state index in [1.165, 1.54) is 31.0 Å². The zero-order valence-corrected chi connectivity index (χ0v) is 14.8. The average Bonchev–Trinajstić information content (AvgIpc) is 2.67. The van der Waals surface area contributed by atoms with Gasteiger partial charge in [-0.1, -0.05) is 18.2 Å². The average molecular weight is 359 g/mol. The number of hydrogen-bond donors (Lipinski definition) is 2. The maximum atomic E-state index is 11.0. The molecule has 0 aliphatic carbocycles. The highest BCUT2D eigenvalue weighted by atomic mass is 32.2. The number of aromatic carboxylic acids is 1. The highest BCUT2D eigenvalue weighted by Gasteiger charge is 2.18. The molecule has 0 spiro atoms. The van der Waals surface area contributed by atoms with Crippen molar-refractivity contribution in [2.24, 2.45) is 0 Å². The standard InChI is InChI=1S/C18H21N3O3S/c1-24-17-13-14(18(22)23)7-8-16(17)19-25-21-11-9-20(10-12-21)15-5-3-2-4-6-15/h2-8,13,19H,9-12H2,1H3,(H,22,23). The Bertz CT molecular complexity index is 719. The Kier molecular flexibility index (Phi) is 5.67. The van der Waals surface area contributed by atoms with Gasteiger partial charge >= 0.3 is 5.97 Å². The summed E-state index contributed by atoms with van der Waals surface area (Å²) in [6.45, 7) is 3.80. The van der Waals surface area contributed by atoms with Gasteiger partial charge in [-0.2, -0.15) is 0 Å². The van der Waals surface area contributed by atoms with E-state index in [1.54, 1.807) is 12.1 Å². The molecule has 1 saturated heterocycles. The Labute approximate surface area is 151 Å². The molecule has 0 aromatic heterocycles. The van der Waals surface area contributed by atoms with Crippen LogP contribution >= 0.6 is 12.1 Å². The molecule has 1 aliphatic rings. The molecule has 1 aliphatic heterocycles. The number of nitrogens with zero attached hydrogens (tertiary/aromatic N) is 2. The van der Waals surface area contributed by atoms with Crippen molar-refractivity contribution in [3.8, 4) is 5.75 Å². The molecule has 25 heavy (non-hydrogen) atoms. The SMILES string of the molecule is COc1cc(C(=O)O)ccc1NSN1CCN(c2ccccc2)CC1. The Morgan fingerprint density at radius 3 is 2.48 bits per heavy atom. The van der Waals surface area contributed by atoms with E-state index in [1.807, 2.05) is 6.07 Å². The fraction of sp³-hybridized carbons (Fsp3) is 0.278. The minimum Gasteiger partial charge on any atom is -0.495 e. The van der Waals surface area contributed by atoms with E-state index in [9.17, 15) is 4.79 Å². The second-order valence-electron chi connectivity index (χ2n) is 5.67. The van der Waals surface area contributed by atoms with Crippen molar-refractivity contribution in [3.63, 3.8) is 0 Å². The molecule has 2 aromatic carbocycles. The minimum absolute atomic E-state index is 0.212. The van der Waals surface area contributed by atoms with Gasteiger partial charge in [-0.15, -0.1) is 0 Å². The number of piperazine rings is 1. The van der Waals surface area contributed by atoms with Crippen LogP contribution in [0, 0.1) is 0 Å². The van der Waals surface area contributed by atoms with Gasteiger partial charge in [0.15, 0.2) is 0 Å². The summed E-state index contributed by atoms with van der Waals surface area (Å²) in [4.78, 5) is 13.4. The molecule has 6 nitrogen and oxygen atoms in total. The summed E-state index contributed by atoms with van der Waals surface area (Å²) in [6, 6.07) is 15.2. The Balaban J connectivity index is 1.54. The Morgan fingerprint density at radius 1 is 1.12 bits per heavy atom. The first-order valence-corrected chi connectivity index (χ1v) is 8.84. The Morgan fingerprint density at radius 2 is 1.84 bits per heavy atom. The predicted octanol–water partition coefficient (Wildman–Crippen LogP) is 3.19. The molecular weight excluding hydrogens is 338 g/mol. The highest BCUT2D eigenvalue weighted by Crippen LogP contribution is 2.29. The number of hydrogen-bond acceptors (Lipinski definition) is 6. The third-order valence-corrected chi connectivity index (χ3v) is 5.03. The molecule has 0 bridgehead atoms. The van der Waals surface area contributed by atoms with Crippen LogP contribution in [0.5, 0.6) is 5.75 Å². The van der Waals surface area contributed by atoms with Gasteiger partial charge in [-0.25, -0.2) is 9.10 Å². The van der Waals surface area contributed by atoms with E-state index in [0.717, 1.165) is 31.9 Å². The van der Waals surface area contributed by atoms with E-state index >= 15 is 0 Å². The van der Waals surface area contributed by atoms with Crippen molar-refractivity contribution in [2.45, 2.75) is 0 Å². The second-order valence-corrected chi connectivity index (χ2v) is 6.57. The van der Waals surface area contributed by atoms with Gasteiger partial charge in [-0.3, -0.25) is 0 Å². The molecule has 1 fully saturated rings. The molecule has 0 unspecified atom stereocenters. The van der Waals surface area contributed by atoms with Crippen LogP contribution in [-0.4, -0.2) is 48.7 Å². The van der Waals surface area contributed by atoms with Gasteiger partial charge in [0.05, 0.1) is 18.4 Å². The summed E-state index contributed by atoms with van der Waals surface area (Å²) in [5, 5.41) is 9.05. The summed E-state index contributed by atoms with van der Waals surface area (Å²) < 4.78 is 10.8. The molecule has 132 valence electrons. The Hall–Kier alpha value is -2.38. The third kappa shape index (κ3) is 4.37. The lowest BCUT2D eigenvalue weighted by atomic mass is 10.2. The van der Waals surface area contributed by atoms with Crippen LogP contribution in [-0.2, 0) is 0 Å². The summed E-state index contributed by atoms with van der Waals surface area (Å²) in [5.41, 5.74) is 2.23. The van der Waals surface area contributed by atoms with Crippen LogP contribution in [0.15, 0.2) is 48.5 Å². The molecular formula is C18H21N3O3S. The number of carboxylic acid groups (broad SMARTS) is 1. The maximum Gasteiger partial charge on any atom is 0.335 e. The minimum atomic E-state index is -0.963. The van der Waals surface area contributed by atoms with Gasteiger partial charge in [-0.05, 0) is 30.3 Å². The fourth-order valence-electron chi connectivity index (χ4n) is 2.70. The summed E-state index contributed by atoms with van der Waals surface area (Å²) in [5.74, 6) is -0.440. The normalized spacial score (nSPS) is 15.0. The van der Waals surface area contributed by atoms with Crippen molar-refractivity contribution in [2.75, 3.05) is 42.9 Å². The first-order chi connectivity index (χ1) is 12.2. The van der Waals surface area contributed by atoms with Crippen molar-refractivity contribution in [3.05, 3.63) is 54.1 Å². The van der Waals surface area contributed by atoms with Gasteiger partial charge < -0.3 is 19.5 Å². The van der Waals surface area contributed by atoms with Crippen molar-refractivity contribution >= 4 is 29.5 Å². The number of para-hydroxylation sites is 1. The lowest BCUT2D eigenvalue weighted by molar-refractivity contribution is 0.0696. The lowest BCUT2D eigenvalue weighted by Gasteiger charge is -2.35. The van der Waals surface area contributed by atoms with E-state index in [4.69, 9.17) is 9.84 Å². The number of rotatable bonds is 6. The monoisotopic (exact) mass is 359 g/mol. The number of methoxy groups -OCH3 is 1. The van der Waals surface area contributed by atoms with Crippen LogP contribution < -0.4 is 14.4 Å². The zero-order chi connectivity index (χ0) is 17.6. The number of nitrogens with one attached hydrogen (secondary N) is 1.